The standard InChI is InChI=1S/C12H17NO/c1-9-5-4-6-12(7-9)13-8-10(2)11(3)14/h4-7,10,13H,8H2,1-3H3. The van der Waals surface area contributed by atoms with Gasteiger partial charge in [0.1, 0.15) is 5.78 Å². The second kappa shape index (κ2) is 4.80. The molecule has 1 rings (SSSR count). The number of hydrogen-bond acceptors (Lipinski definition) is 2. The van der Waals surface area contributed by atoms with Crippen LogP contribution in [0.1, 0.15) is 19.4 Å². The maximum absolute atomic E-state index is 11.0. The fraction of sp³-hybridized carbons (Fsp3) is 0.417. The molecular weight excluding hydrogens is 174 g/mol. The summed E-state index contributed by atoms with van der Waals surface area (Å²) in [5.41, 5.74) is 2.31. The molecule has 2 nitrogen and oxygen atoms in total. The second-order valence-corrected chi connectivity index (χ2v) is 3.76. The van der Waals surface area contributed by atoms with Gasteiger partial charge in [-0.15, -0.1) is 0 Å². The Morgan fingerprint density at radius 2 is 2.21 bits per heavy atom. The van der Waals surface area contributed by atoms with Crippen LogP contribution in [0.4, 0.5) is 5.69 Å². The number of rotatable bonds is 4. The third-order valence-corrected chi connectivity index (χ3v) is 2.32. The van der Waals surface area contributed by atoms with Crippen molar-refractivity contribution < 1.29 is 4.79 Å². The fourth-order valence-corrected chi connectivity index (χ4v) is 1.17. The molecule has 0 radical (unpaired) electrons. The number of aryl methyl sites for hydroxylation is 1. The van der Waals surface area contributed by atoms with Crippen molar-refractivity contribution in [2.45, 2.75) is 20.8 Å². The predicted molar refractivity (Wildman–Crippen MR) is 59.5 cm³/mol. The third kappa shape index (κ3) is 3.21. The first-order valence-electron chi connectivity index (χ1n) is 4.90. The maximum Gasteiger partial charge on any atom is 0.134 e. The molecule has 2 heteroatoms. The van der Waals surface area contributed by atoms with Crippen LogP contribution >= 0.6 is 0 Å². The molecule has 0 fully saturated rings. The van der Waals surface area contributed by atoms with Crippen molar-refractivity contribution in [3.63, 3.8) is 0 Å². The highest BCUT2D eigenvalue weighted by molar-refractivity contribution is 5.78. The number of anilines is 1. The van der Waals surface area contributed by atoms with E-state index in [1.165, 1.54) is 5.56 Å². The van der Waals surface area contributed by atoms with Gasteiger partial charge in [0, 0.05) is 18.2 Å². The highest BCUT2D eigenvalue weighted by Crippen LogP contribution is 2.10. The zero-order valence-corrected chi connectivity index (χ0v) is 9.00. The number of hydrogen-bond donors (Lipinski definition) is 1. The van der Waals surface area contributed by atoms with Gasteiger partial charge in [0.05, 0.1) is 0 Å². The first-order chi connectivity index (χ1) is 6.59. The molecule has 0 saturated carbocycles. The summed E-state index contributed by atoms with van der Waals surface area (Å²) in [6, 6.07) is 8.16. The summed E-state index contributed by atoms with van der Waals surface area (Å²) in [5.74, 6) is 0.306. The van der Waals surface area contributed by atoms with Gasteiger partial charge in [0.15, 0.2) is 0 Å². The molecule has 0 heterocycles. The molecule has 0 aliphatic carbocycles. The Morgan fingerprint density at radius 1 is 1.50 bits per heavy atom. The molecule has 0 amide bonds. The van der Waals surface area contributed by atoms with Crippen LogP contribution in [0, 0.1) is 12.8 Å². The number of carbonyl (C=O) groups is 1. The van der Waals surface area contributed by atoms with Gasteiger partial charge in [0.2, 0.25) is 0 Å². The normalized spacial score (nSPS) is 12.2. The molecule has 0 spiro atoms. The third-order valence-electron chi connectivity index (χ3n) is 2.32. The van der Waals surface area contributed by atoms with E-state index in [9.17, 15) is 4.79 Å². The highest BCUT2D eigenvalue weighted by Gasteiger charge is 2.06. The van der Waals surface area contributed by atoms with E-state index >= 15 is 0 Å². The summed E-state index contributed by atoms with van der Waals surface area (Å²) >= 11 is 0. The molecule has 1 unspecified atom stereocenters. The number of nitrogens with one attached hydrogen (secondary N) is 1. The van der Waals surface area contributed by atoms with E-state index in [0.29, 0.717) is 6.54 Å². The molecule has 1 aromatic carbocycles. The smallest absolute Gasteiger partial charge is 0.134 e. The van der Waals surface area contributed by atoms with Crippen LogP contribution in [-0.2, 0) is 4.79 Å². The van der Waals surface area contributed by atoms with Gasteiger partial charge in [-0.3, -0.25) is 4.79 Å². The largest absolute Gasteiger partial charge is 0.384 e. The van der Waals surface area contributed by atoms with E-state index in [1.807, 2.05) is 19.1 Å². The van der Waals surface area contributed by atoms with Crippen molar-refractivity contribution in [3.05, 3.63) is 29.8 Å². The summed E-state index contributed by atoms with van der Waals surface area (Å²) in [6.07, 6.45) is 0. The number of Topliss-reactive ketones (excluding diaryl/α,β-unsaturated/α-hetero) is 1. The predicted octanol–water partition coefficient (Wildman–Crippen LogP) is 2.63. The second-order valence-electron chi connectivity index (χ2n) is 3.76. The lowest BCUT2D eigenvalue weighted by atomic mass is 10.1. The molecule has 1 N–H and O–H groups in total. The number of carbonyl (C=O) groups excluding carboxylic acids is 1. The first kappa shape index (κ1) is 10.8. The molecular formula is C12H17NO. The van der Waals surface area contributed by atoms with Gasteiger partial charge in [-0.25, -0.2) is 0 Å². The Balaban J connectivity index is 2.49. The van der Waals surface area contributed by atoms with Crippen molar-refractivity contribution in [2.75, 3.05) is 11.9 Å². The van der Waals surface area contributed by atoms with E-state index in [0.717, 1.165) is 5.69 Å². The molecule has 0 bridgehead atoms. The van der Waals surface area contributed by atoms with E-state index < -0.39 is 0 Å². The van der Waals surface area contributed by atoms with E-state index in [-0.39, 0.29) is 11.7 Å². The van der Waals surface area contributed by atoms with E-state index in [4.69, 9.17) is 0 Å². The summed E-state index contributed by atoms with van der Waals surface area (Å²) in [4.78, 5) is 11.0. The topological polar surface area (TPSA) is 29.1 Å². The quantitative estimate of drug-likeness (QED) is 0.792. The highest BCUT2D eigenvalue weighted by atomic mass is 16.1. The van der Waals surface area contributed by atoms with Gasteiger partial charge in [0.25, 0.3) is 0 Å². The number of benzene rings is 1. The molecule has 0 aromatic heterocycles. The Kier molecular flexibility index (Phi) is 3.69. The van der Waals surface area contributed by atoms with Crippen LogP contribution in [0.2, 0.25) is 0 Å². The number of ketones is 1. The Morgan fingerprint density at radius 3 is 2.79 bits per heavy atom. The van der Waals surface area contributed by atoms with Gasteiger partial charge >= 0.3 is 0 Å². The molecule has 0 aliphatic heterocycles. The Bertz CT molecular complexity index is 320. The molecule has 1 atom stereocenters. The van der Waals surface area contributed by atoms with Gasteiger partial charge < -0.3 is 5.32 Å². The van der Waals surface area contributed by atoms with Crippen LogP contribution in [-0.4, -0.2) is 12.3 Å². The summed E-state index contributed by atoms with van der Waals surface area (Å²) < 4.78 is 0. The maximum atomic E-state index is 11.0. The minimum Gasteiger partial charge on any atom is -0.384 e. The molecule has 76 valence electrons. The lowest BCUT2D eigenvalue weighted by molar-refractivity contribution is -0.119. The summed E-state index contributed by atoms with van der Waals surface area (Å²) in [5, 5.41) is 3.25. The summed E-state index contributed by atoms with van der Waals surface area (Å²) in [7, 11) is 0. The lowest BCUT2D eigenvalue weighted by Gasteiger charge is -2.10. The molecule has 0 aliphatic rings. The van der Waals surface area contributed by atoms with Crippen LogP contribution in [0.15, 0.2) is 24.3 Å². The van der Waals surface area contributed by atoms with Crippen LogP contribution in [0.3, 0.4) is 0 Å². The first-order valence-corrected chi connectivity index (χ1v) is 4.90. The Hall–Kier alpha value is -1.31. The van der Waals surface area contributed by atoms with Crippen molar-refractivity contribution >= 4 is 11.5 Å². The van der Waals surface area contributed by atoms with Crippen molar-refractivity contribution in [1.82, 2.24) is 0 Å². The van der Waals surface area contributed by atoms with Gasteiger partial charge in [-0.1, -0.05) is 19.1 Å². The van der Waals surface area contributed by atoms with Gasteiger partial charge in [-0.05, 0) is 31.5 Å². The average Bonchev–Trinajstić information content (AvgIpc) is 2.14. The monoisotopic (exact) mass is 191 g/mol. The van der Waals surface area contributed by atoms with Gasteiger partial charge in [-0.2, -0.15) is 0 Å². The lowest BCUT2D eigenvalue weighted by Crippen LogP contribution is -2.17. The van der Waals surface area contributed by atoms with Crippen molar-refractivity contribution in [2.24, 2.45) is 5.92 Å². The van der Waals surface area contributed by atoms with Crippen LogP contribution in [0.5, 0.6) is 0 Å². The molecule has 0 saturated heterocycles. The summed E-state index contributed by atoms with van der Waals surface area (Å²) in [6.45, 7) is 6.33. The fourth-order valence-electron chi connectivity index (χ4n) is 1.17. The zero-order valence-electron chi connectivity index (χ0n) is 9.00. The Labute approximate surface area is 85.3 Å². The van der Waals surface area contributed by atoms with Crippen molar-refractivity contribution in [1.29, 1.82) is 0 Å². The van der Waals surface area contributed by atoms with E-state index in [1.54, 1.807) is 6.92 Å². The minimum absolute atomic E-state index is 0.0792. The molecule has 1 aromatic rings. The van der Waals surface area contributed by atoms with Crippen molar-refractivity contribution in [3.8, 4) is 0 Å². The molecule has 14 heavy (non-hydrogen) atoms. The van der Waals surface area contributed by atoms with Crippen LogP contribution in [0.25, 0.3) is 0 Å². The van der Waals surface area contributed by atoms with Crippen LogP contribution < -0.4 is 5.32 Å². The average molecular weight is 191 g/mol. The minimum atomic E-state index is 0.0792. The SMILES string of the molecule is CC(=O)C(C)CNc1cccc(C)c1. The zero-order chi connectivity index (χ0) is 10.6. The van der Waals surface area contributed by atoms with E-state index in [2.05, 4.69) is 24.4 Å².